The molecule has 0 atom stereocenters. The summed E-state index contributed by atoms with van der Waals surface area (Å²) in [4.78, 5) is 7.63. The van der Waals surface area contributed by atoms with Crippen molar-refractivity contribution < 1.29 is 4.39 Å². The summed E-state index contributed by atoms with van der Waals surface area (Å²) in [6.07, 6.45) is 0. The molecule has 3 nitrogen and oxygen atoms in total. The van der Waals surface area contributed by atoms with Crippen molar-refractivity contribution in [1.82, 2.24) is 9.88 Å². The first-order chi connectivity index (χ1) is 9.10. The quantitative estimate of drug-likeness (QED) is 0.915. The van der Waals surface area contributed by atoms with Gasteiger partial charge in [0.1, 0.15) is 5.82 Å². The number of thiazole rings is 1. The van der Waals surface area contributed by atoms with Crippen LogP contribution < -0.4 is 5.73 Å². The second-order valence-electron chi connectivity index (χ2n) is 4.65. The molecule has 0 radical (unpaired) electrons. The van der Waals surface area contributed by atoms with Crippen molar-refractivity contribution in [1.29, 1.82) is 0 Å². The van der Waals surface area contributed by atoms with Crippen LogP contribution in [0.2, 0.25) is 0 Å². The van der Waals surface area contributed by atoms with E-state index in [1.165, 1.54) is 10.9 Å². The minimum atomic E-state index is -0.213. The van der Waals surface area contributed by atoms with E-state index in [2.05, 4.69) is 9.88 Å². The summed E-state index contributed by atoms with van der Waals surface area (Å²) in [6, 6.07) is 4.79. The molecule has 0 spiro atoms. The van der Waals surface area contributed by atoms with Crippen LogP contribution in [0.15, 0.2) is 23.7 Å². The average Bonchev–Trinajstić information content (AvgIpc) is 2.75. The molecular weight excluding hydrogens is 261 g/mol. The van der Waals surface area contributed by atoms with Crippen LogP contribution in [0, 0.1) is 12.7 Å². The molecule has 0 fully saturated rings. The number of aromatic nitrogens is 1. The summed E-state index contributed by atoms with van der Waals surface area (Å²) < 4.78 is 13.3. The number of nitrogens with two attached hydrogens (primary N) is 1. The third-order valence-corrected chi connectivity index (χ3v) is 4.01. The third kappa shape index (κ3) is 3.59. The number of rotatable bonds is 5. The minimum absolute atomic E-state index is 0.213. The summed E-state index contributed by atoms with van der Waals surface area (Å²) in [5, 5.41) is 0. The summed E-state index contributed by atoms with van der Waals surface area (Å²) in [7, 11) is 2.02. The standard InChI is InChI=1S/C14H18FN3S/c1-10-14(19-9-17-10)8-18(2)7-12-5-13(15)4-3-11(12)6-16/h3-5,9H,6-8,16H2,1-2H3. The normalized spacial score (nSPS) is 11.2. The molecule has 1 aromatic heterocycles. The maximum atomic E-state index is 13.3. The van der Waals surface area contributed by atoms with Gasteiger partial charge in [-0.1, -0.05) is 6.07 Å². The molecule has 0 saturated carbocycles. The molecule has 19 heavy (non-hydrogen) atoms. The fourth-order valence-electron chi connectivity index (χ4n) is 2.01. The maximum Gasteiger partial charge on any atom is 0.123 e. The number of nitrogens with zero attached hydrogens (tertiary/aromatic N) is 2. The molecule has 102 valence electrons. The second-order valence-corrected chi connectivity index (χ2v) is 5.59. The van der Waals surface area contributed by atoms with Crippen LogP contribution >= 0.6 is 11.3 Å². The van der Waals surface area contributed by atoms with Crippen LogP contribution in [0.4, 0.5) is 4.39 Å². The van der Waals surface area contributed by atoms with Crippen LogP contribution in [0.3, 0.4) is 0 Å². The molecule has 5 heteroatoms. The van der Waals surface area contributed by atoms with E-state index >= 15 is 0 Å². The molecule has 0 amide bonds. The van der Waals surface area contributed by atoms with Crippen LogP contribution in [-0.2, 0) is 19.6 Å². The fourth-order valence-corrected chi connectivity index (χ4v) is 2.87. The van der Waals surface area contributed by atoms with E-state index in [-0.39, 0.29) is 5.82 Å². The van der Waals surface area contributed by atoms with E-state index in [1.54, 1.807) is 23.5 Å². The van der Waals surface area contributed by atoms with Gasteiger partial charge in [0.2, 0.25) is 0 Å². The van der Waals surface area contributed by atoms with Gasteiger partial charge in [0.15, 0.2) is 0 Å². The van der Waals surface area contributed by atoms with Crippen LogP contribution in [0.5, 0.6) is 0 Å². The lowest BCUT2D eigenvalue weighted by molar-refractivity contribution is 0.319. The maximum absolute atomic E-state index is 13.3. The predicted molar refractivity (Wildman–Crippen MR) is 76.3 cm³/mol. The van der Waals surface area contributed by atoms with Crippen LogP contribution in [-0.4, -0.2) is 16.9 Å². The zero-order chi connectivity index (χ0) is 13.8. The van der Waals surface area contributed by atoms with Crippen LogP contribution in [0.25, 0.3) is 0 Å². The molecule has 2 aromatic rings. The Morgan fingerprint density at radius 3 is 2.74 bits per heavy atom. The Morgan fingerprint density at radius 2 is 2.11 bits per heavy atom. The van der Waals surface area contributed by atoms with Crippen molar-refractivity contribution in [3.63, 3.8) is 0 Å². The van der Waals surface area contributed by atoms with Gasteiger partial charge in [-0.05, 0) is 37.2 Å². The Bertz CT molecular complexity index is 553. The molecule has 1 heterocycles. The van der Waals surface area contributed by atoms with Gasteiger partial charge in [0.25, 0.3) is 0 Å². The first kappa shape index (κ1) is 14.1. The summed E-state index contributed by atoms with van der Waals surface area (Å²) in [5.41, 5.74) is 10.6. The predicted octanol–water partition coefficient (Wildman–Crippen LogP) is 2.68. The summed E-state index contributed by atoms with van der Waals surface area (Å²) in [6.45, 7) is 3.94. The molecule has 0 saturated heterocycles. The Morgan fingerprint density at radius 1 is 1.32 bits per heavy atom. The van der Waals surface area contributed by atoms with E-state index in [1.807, 2.05) is 19.5 Å². The van der Waals surface area contributed by atoms with Crippen molar-refractivity contribution in [2.24, 2.45) is 5.73 Å². The van der Waals surface area contributed by atoms with Gasteiger partial charge in [-0.25, -0.2) is 9.37 Å². The van der Waals surface area contributed by atoms with Gasteiger partial charge in [-0.2, -0.15) is 0 Å². The largest absolute Gasteiger partial charge is 0.326 e. The lowest BCUT2D eigenvalue weighted by Crippen LogP contribution is -2.19. The van der Waals surface area contributed by atoms with Gasteiger partial charge in [-0.15, -0.1) is 11.3 Å². The number of aryl methyl sites for hydroxylation is 1. The van der Waals surface area contributed by atoms with Gasteiger partial charge in [0, 0.05) is 24.5 Å². The topological polar surface area (TPSA) is 42.2 Å². The lowest BCUT2D eigenvalue weighted by atomic mass is 10.1. The van der Waals surface area contributed by atoms with Crippen molar-refractivity contribution >= 4 is 11.3 Å². The number of benzene rings is 1. The molecule has 2 rings (SSSR count). The third-order valence-electron chi connectivity index (χ3n) is 3.09. The highest BCUT2D eigenvalue weighted by Gasteiger charge is 2.09. The molecular formula is C14H18FN3S. The average molecular weight is 279 g/mol. The zero-order valence-corrected chi connectivity index (χ0v) is 12.0. The van der Waals surface area contributed by atoms with Crippen molar-refractivity contribution in [3.8, 4) is 0 Å². The summed E-state index contributed by atoms with van der Waals surface area (Å²) in [5.74, 6) is -0.213. The lowest BCUT2D eigenvalue weighted by Gasteiger charge is -2.18. The Labute approximate surface area is 116 Å². The number of hydrogen-bond acceptors (Lipinski definition) is 4. The van der Waals surface area contributed by atoms with Crippen molar-refractivity contribution in [2.45, 2.75) is 26.6 Å². The van der Waals surface area contributed by atoms with Crippen molar-refractivity contribution in [2.75, 3.05) is 7.05 Å². The SMILES string of the molecule is Cc1ncsc1CN(C)Cc1cc(F)ccc1CN. The van der Waals surface area contributed by atoms with Crippen LogP contribution in [0.1, 0.15) is 21.7 Å². The number of halogens is 1. The summed E-state index contributed by atoms with van der Waals surface area (Å²) >= 11 is 1.65. The van der Waals surface area contributed by atoms with Gasteiger partial charge in [-0.3, -0.25) is 4.90 Å². The Kier molecular flexibility index (Phi) is 4.63. The van der Waals surface area contributed by atoms with E-state index in [0.29, 0.717) is 13.1 Å². The molecule has 0 aliphatic heterocycles. The molecule has 0 bridgehead atoms. The minimum Gasteiger partial charge on any atom is -0.326 e. The first-order valence-corrected chi connectivity index (χ1v) is 7.03. The highest BCUT2D eigenvalue weighted by atomic mass is 32.1. The molecule has 0 aliphatic rings. The zero-order valence-electron chi connectivity index (χ0n) is 11.2. The smallest absolute Gasteiger partial charge is 0.123 e. The van der Waals surface area contributed by atoms with Gasteiger partial charge in [0.05, 0.1) is 11.2 Å². The van der Waals surface area contributed by atoms with Crippen molar-refractivity contribution in [3.05, 3.63) is 51.2 Å². The monoisotopic (exact) mass is 279 g/mol. The molecule has 2 N–H and O–H groups in total. The van der Waals surface area contributed by atoms with E-state index in [9.17, 15) is 4.39 Å². The second kappa shape index (κ2) is 6.23. The Balaban J connectivity index is 2.08. The molecule has 0 aliphatic carbocycles. The van der Waals surface area contributed by atoms with Gasteiger partial charge < -0.3 is 5.73 Å². The molecule has 1 aromatic carbocycles. The van der Waals surface area contributed by atoms with E-state index < -0.39 is 0 Å². The molecule has 0 unspecified atom stereocenters. The van der Waals surface area contributed by atoms with E-state index in [4.69, 9.17) is 5.73 Å². The fraction of sp³-hybridized carbons (Fsp3) is 0.357. The highest BCUT2D eigenvalue weighted by Crippen LogP contribution is 2.17. The number of hydrogen-bond donors (Lipinski definition) is 1. The highest BCUT2D eigenvalue weighted by molar-refractivity contribution is 7.09. The van der Waals surface area contributed by atoms with Gasteiger partial charge >= 0.3 is 0 Å². The Hall–Kier alpha value is -1.30. The first-order valence-electron chi connectivity index (χ1n) is 6.15. The van der Waals surface area contributed by atoms with E-state index in [0.717, 1.165) is 23.4 Å².